The van der Waals surface area contributed by atoms with Crippen molar-refractivity contribution in [2.75, 3.05) is 19.8 Å². The number of carbonyl (C=O) groups is 1. The zero-order valence-corrected chi connectivity index (χ0v) is 11.8. The van der Waals surface area contributed by atoms with E-state index in [9.17, 15) is 4.79 Å². The molecule has 0 heterocycles. The van der Waals surface area contributed by atoms with Crippen LogP contribution < -0.4 is 0 Å². The highest BCUT2D eigenvalue weighted by Crippen LogP contribution is 2.33. The van der Waals surface area contributed by atoms with Gasteiger partial charge in [0.1, 0.15) is 12.4 Å². The maximum Gasteiger partial charge on any atom is 0.191 e. The number of ketones is 1. The van der Waals surface area contributed by atoms with E-state index >= 15 is 0 Å². The first kappa shape index (κ1) is 15.2. The third kappa shape index (κ3) is 5.19. The first-order valence-corrected chi connectivity index (χ1v) is 6.56. The van der Waals surface area contributed by atoms with Crippen LogP contribution in [0.2, 0.25) is 0 Å². The molecule has 0 bridgehead atoms. The lowest BCUT2D eigenvalue weighted by Gasteiger charge is -2.29. The van der Waals surface area contributed by atoms with Gasteiger partial charge in [-0.2, -0.15) is 0 Å². The van der Waals surface area contributed by atoms with Crippen molar-refractivity contribution in [3.8, 4) is 0 Å². The Hall–Kier alpha value is -0.870. The van der Waals surface area contributed by atoms with E-state index in [1.807, 2.05) is 13.8 Å². The number of ether oxygens (including phenoxy) is 3. The van der Waals surface area contributed by atoms with E-state index in [2.05, 4.69) is 13.8 Å². The van der Waals surface area contributed by atoms with Gasteiger partial charge in [0, 0.05) is 32.1 Å². The minimum Gasteiger partial charge on any atom is -0.492 e. The summed E-state index contributed by atoms with van der Waals surface area (Å²) in [5.74, 6) is 0.867. The van der Waals surface area contributed by atoms with Crippen molar-refractivity contribution < 1.29 is 19.0 Å². The average Bonchev–Trinajstić information content (AvgIpc) is 2.24. The predicted molar refractivity (Wildman–Crippen MR) is 69.1 cm³/mol. The summed E-state index contributed by atoms with van der Waals surface area (Å²) in [5, 5.41) is 0. The Balaban J connectivity index is 2.48. The van der Waals surface area contributed by atoms with E-state index in [0.717, 1.165) is 12.2 Å². The maximum atomic E-state index is 11.6. The topological polar surface area (TPSA) is 44.8 Å². The van der Waals surface area contributed by atoms with Crippen molar-refractivity contribution in [1.82, 2.24) is 0 Å². The Morgan fingerprint density at radius 3 is 2.33 bits per heavy atom. The molecule has 0 atom stereocenters. The molecule has 4 nitrogen and oxygen atoms in total. The molecule has 0 amide bonds. The smallest absolute Gasteiger partial charge is 0.191 e. The molecule has 0 saturated carbocycles. The number of rotatable bonds is 7. The van der Waals surface area contributed by atoms with Crippen molar-refractivity contribution in [2.45, 2.75) is 46.8 Å². The molecule has 18 heavy (non-hydrogen) atoms. The molecule has 0 radical (unpaired) electrons. The quantitative estimate of drug-likeness (QED) is 0.657. The van der Waals surface area contributed by atoms with Crippen molar-refractivity contribution in [3.05, 3.63) is 11.8 Å². The molecule has 0 aromatic rings. The van der Waals surface area contributed by atoms with Crippen LogP contribution in [-0.4, -0.2) is 31.9 Å². The fourth-order valence-corrected chi connectivity index (χ4v) is 2.07. The SMILES string of the molecule is CCOC(COC1=CC(=O)CC(C)(C)C1)OCC. The summed E-state index contributed by atoms with van der Waals surface area (Å²) in [7, 11) is 0. The van der Waals surface area contributed by atoms with Gasteiger partial charge in [-0.25, -0.2) is 0 Å². The first-order valence-electron chi connectivity index (χ1n) is 6.56. The van der Waals surface area contributed by atoms with Gasteiger partial charge in [-0.05, 0) is 19.3 Å². The lowest BCUT2D eigenvalue weighted by Crippen LogP contribution is -2.27. The molecule has 0 aliphatic heterocycles. The Labute approximate surface area is 109 Å². The summed E-state index contributed by atoms with van der Waals surface area (Å²) in [6.07, 6.45) is 2.60. The van der Waals surface area contributed by atoms with Crippen LogP contribution in [0, 0.1) is 5.41 Å². The average molecular weight is 256 g/mol. The fourth-order valence-electron chi connectivity index (χ4n) is 2.07. The molecule has 0 aromatic carbocycles. The molecule has 0 aromatic heterocycles. The summed E-state index contributed by atoms with van der Waals surface area (Å²) in [6.45, 7) is 9.47. The molecule has 104 valence electrons. The van der Waals surface area contributed by atoms with Crippen LogP contribution >= 0.6 is 0 Å². The van der Waals surface area contributed by atoms with Crippen LogP contribution in [0.1, 0.15) is 40.5 Å². The third-order valence-corrected chi connectivity index (χ3v) is 2.74. The van der Waals surface area contributed by atoms with Crippen LogP contribution in [0.5, 0.6) is 0 Å². The van der Waals surface area contributed by atoms with Gasteiger partial charge in [-0.1, -0.05) is 13.8 Å². The van der Waals surface area contributed by atoms with E-state index in [-0.39, 0.29) is 17.5 Å². The van der Waals surface area contributed by atoms with Gasteiger partial charge in [0.25, 0.3) is 0 Å². The standard InChI is InChI=1S/C14H24O4/c1-5-16-13(17-6-2)10-18-12-7-11(15)8-14(3,4)9-12/h7,13H,5-6,8-10H2,1-4H3. The monoisotopic (exact) mass is 256 g/mol. The summed E-state index contributed by atoms with van der Waals surface area (Å²) < 4.78 is 16.4. The Morgan fingerprint density at radius 2 is 1.83 bits per heavy atom. The Bertz CT molecular complexity index is 301. The predicted octanol–water partition coefficient (Wildman–Crippen LogP) is 2.68. The second-order valence-electron chi connectivity index (χ2n) is 5.25. The van der Waals surface area contributed by atoms with Crippen molar-refractivity contribution in [2.24, 2.45) is 5.41 Å². The van der Waals surface area contributed by atoms with Gasteiger partial charge in [-0.3, -0.25) is 4.79 Å². The summed E-state index contributed by atoms with van der Waals surface area (Å²) in [5.41, 5.74) is -0.0200. The van der Waals surface area contributed by atoms with E-state index in [0.29, 0.717) is 26.2 Å². The zero-order valence-electron chi connectivity index (χ0n) is 11.8. The summed E-state index contributed by atoms with van der Waals surface area (Å²) in [4.78, 5) is 11.6. The van der Waals surface area contributed by atoms with Crippen LogP contribution in [0.4, 0.5) is 0 Å². The lowest BCUT2D eigenvalue weighted by atomic mass is 9.79. The van der Waals surface area contributed by atoms with Crippen LogP contribution in [0.25, 0.3) is 0 Å². The molecule has 0 saturated heterocycles. The van der Waals surface area contributed by atoms with E-state index in [1.165, 1.54) is 0 Å². The molecule has 1 aliphatic rings. The van der Waals surface area contributed by atoms with Gasteiger partial charge in [0.15, 0.2) is 12.1 Å². The molecule has 0 spiro atoms. The fraction of sp³-hybridized carbons (Fsp3) is 0.786. The van der Waals surface area contributed by atoms with Crippen molar-refractivity contribution in [3.63, 3.8) is 0 Å². The maximum absolute atomic E-state index is 11.6. The molecule has 0 unspecified atom stereocenters. The molecule has 1 aliphatic carbocycles. The van der Waals surface area contributed by atoms with Gasteiger partial charge >= 0.3 is 0 Å². The van der Waals surface area contributed by atoms with Gasteiger partial charge in [-0.15, -0.1) is 0 Å². The highest BCUT2D eigenvalue weighted by molar-refractivity contribution is 5.91. The number of hydrogen-bond acceptors (Lipinski definition) is 4. The van der Waals surface area contributed by atoms with Crippen molar-refractivity contribution in [1.29, 1.82) is 0 Å². The second kappa shape index (κ2) is 6.90. The van der Waals surface area contributed by atoms with Gasteiger partial charge in [0.05, 0.1) is 0 Å². The first-order chi connectivity index (χ1) is 8.46. The second-order valence-corrected chi connectivity index (χ2v) is 5.25. The molecule has 4 heteroatoms. The molecule has 1 rings (SSSR count). The molecule has 0 N–H and O–H groups in total. The minimum atomic E-state index is -0.360. The Kier molecular flexibility index (Phi) is 5.82. The number of hydrogen-bond donors (Lipinski definition) is 0. The Morgan fingerprint density at radius 1 is 1.22 bits per heavy atom. The highest BCUT2D eigenvalue weighted by atomic mass is 16.7. The molecular formula is C14H24O4. The van der Waals surface area contributed by atoms with Crippen LogP contribution in [-0.2, 0) is 19.0 Å². The van der Waals surface area contributed by atoms with Gasteiger partial charge < -0.3 is 14.2 Å². The lowest BCUT2D eigenvalue weighted by molar-refractivity contribution is -0.161. The summed E-state index contributed by atoms with van der Waals surface area (Å²) >= 11 is 0. The van der Waals surface area contributed by atoms with Crippen molar-refractivity contribution >= 4 is 5.78 Å². The van der Waals surface area contributed by atoms with E-state index in [4.69, 9.17) is 14.2 Å². The third-order valence-electron chi connectivity index (χ3n) is 2.74. The largest absolute Gasteiger partial charge is 0.492 e. The minimum absolute atomic E-state index is 0.0200. The highest BCUT2D eigenvalue weighted by Gasteiger charge is 2.28. The summed E-state index contributed by atoms with van der Waals surface area (Å²) in [6, 6.07) is 0. The van der Waals surface area contributed by atoms with E-state index < -0.39 is 0 Å². The van der Waals surface area contributed by atoms with Crippen LogP contribution in [0.3, 0.4) is 0 Å². The molecular weight excluding hydrogens is 232 g/mol. The normalized spacial score (nSPS) is 18.9. The molecule has 0 fully saturated rings. The number of carbonyl (C=O) groups excluding carboxylic acids is 1. The van der Waals surface area contributed by atoms with Crippen LogP contribution in [0.15, 0.2) is 11.8 Å². The van der Waals surface area contributed by atoms with Gasteiger partial charge in [0.2, 0.25) is 0 Å². The number of allylic oxidation sites excluding steroid dienone is 2. The zero-order chi connectivity index (χ0) is 13.6. The van der Waals surface area contributed by atoms with E-state index in [1.54, 1.807) is 6.08 Å².